The van der Waals surface area contributed by atoms with Crippen molar-refractivity contribution in [3.05, 3.63) is 0 Å². The van der Waals surface area contributed by atoms with E-state index in [1.165, 1.54) is 0 Å². The minimum Gasteiger partial charge on any atom is -0.375 e. The van der Waals surface area contributed by atoms with Crippen LogP contribution in [-0.2, 0) is 14.3 Å². The van der Waals surface area contributed by atoms with Crippen LogP contribution in [-0.4, -0.2) is 86.4 Å². The molecule has 0 aromatic rings. The summed E-state index contributed by atoms with van der Waals surface area (Å²) >= 11 is 0. The number of hydrogen-bond acceptors (Lipinski definition) is 5. The van der Waals surface area contributed by atoms with Crippen molar-refractivity contribution in [2.24, 2.45) is 0 Å². The first-order valence-corrected chi connectivity index (χ1v) is 8.63. The monoisotopic (exact) mass is 313 g/mol. The lowest BCUT2D eigenvalue weighted by atomic mass is 10.1. The van der Waals surface area contributed by atoms with Gasteiger partial charge in [0.2, 0.25) is 5.91 Å². The van der Waals surface area contributed by atoms with Gasteiger partial charge in [0.25, 0.3) is 0 Å². The molecule has 22 heavy (non-hydrogen) atoms. The fourth-order valence-electron chi connectivity index (χ4n) is 3.16. The number of hydrogen-bond donors (Lipinski definition) is 1. The lowest BCUT2D eigenvalue weighted by Crippen LogP contribution is -2.56. The first-order valence-electron chi connectivity index (χ1n) is 8.63. The van der Waals surface area contributed by atoms with Crippen LogP contribution in [0.1, 0.15) is 27.2 Å². The highest BCUT2D eigenvalue weighted by Gasteiger charge is 2.35. The van der Waals surface area contributed by atoms with Crippen LogP contribution in [0.5, 0.6) is 0 Å². The highest BCUT2D eigenvalue weighted by molar-refractivity contribution is 5.83. The van der Waals surface area contributed by atoms with Crippen LogP contribution in [0, 0.1) is 0 Å². The van der Waals surface area contributed by atoms with Gasteiger partial charge in [0, 0.05) is 26.2 Å². The summed E-state index contributed by atoms with van der Waals surface area (Å²) in [6, 6.07) is -0.205. The predicted molar refractivity (Wildman–Crippen MR) is 85.9 cm³/mol. The Morgan fingerprint density at radius 1 is 1.41 bits per heavy atom. The van der Waals surface area contributed by atoms with Crippen LogP contribution in [0.4, 0.5) is 0 Å². The normalized spacial score (nSPS) is 29.3. The van der Waals surface area contributed by atoms with Crippen molar-refractivity contribution < 1.29 is 14.3 Å². The van der Waals surface area contributed by atoms with Crippen LogP contribution >= 0.6 is 0 Å². The van der Waals surface area contributed by atoms with Gasteiger partial charge in [-0.1, -0.05) is 13.8 Å². The molecule has 2 rings (SSSR count). The van der Waals surface area contributed by atoms with Crippen LogP contribution in [0.3, 0.4) is 0 Å². The summed E-state index contributed by atoms with van der Waals surface area (Å²) in [4.78, 5) is 16.8. The lowest BCUT2D eigenvalue weighted by molar-refractivity contribution is -0.138. The Bertz CT molecular complexity index is 350. The number of carbonyl (C=O) groups is 1. The average Bonchev–Trinajstić information content (AvgIpc) is 3.00. The maximum atomic E-state index is 12.6. The highest BCUT2D eigenvalue weighted by Crippen LogP contribution is 2.16. The van der Waals surface area contributed by atoms with Gasteiger partial charge >= 0.3 is 0 Å². The summed E-state index contributed by atoms with van der Waals surface area (Å²) in [5.74, 6) is 0.155. The van der Waals surface area contributed by atoms with Crippen LogP contribution in [0.25, 0.3) is 0 Å². The Hall–Kier alpha value is -0.690. The smallest absolute Gasteiger partial charge is 0.242 e. The molecule has 0 saturated carbocycles. The Balaban J connectivity index is 1.71. The van der Waals surface area contributed by atoms with E-state index in [0.717, 1.165) is 45.8 Å². The van der Waals surface area contributed by atoms with Gasteiger partial charge in [0.15, 0.2) is 0 Å². The Labute approximate surface area is 134 Å². The second kappa shape index (κ2) is 8.82. The highest BCUT2D eigenvalue weighted by atomic mass is 16.5. The summed E-state index contributed by atoms with van der Waals surface area (Å²) in [6.45, 7) is 13.0. The molecule has 2 aliphatic rings. The number of nitrogens with zero attached hydrogens (tertiary/aromatic N) is 2. The van der Waals surface area contributed by atoms with E-state index in [1.807, 2.05) is 11.8 Å². The quantitative estimate of drug-likeness (QED) is 0.734. The predicted octanol–water partition coefficient (Wildman–Crippen LogP) is 0.323. The average molecular weight is 313 g/mol. The molecule has 1 N–H and O–H groups in total. The van der Waals surface area contributed by atoms with E-state index in [-0.39, 0.29) is 24.2 Å². The van der Waals surface area contributed by atoms with Crippen LogP contribution in [0.15, 0.2) is 0 Å². The molecule has 0 radical (unpaired) electrons. The minimum atomic E-state index is -0.205. The summed E-state index contributed by atoms with van der Waals surface area (Å²) in [5, 5.41) is 3.27. The van der Waals surface area contributed by atoms with Crippen LogP contribution in [0.2, 0.25) is 0 Å². The van der Waals surface area contributed by atoms with E-state index in [4.69, 9.17) is 9.47 Å². The third kappa shape index (κ3) is 4.65. The summed E-state index contributed by atoms with van der Waals surface area (Å²) in [6.07, 6.45) is 1.06. The van der Waals surface area contributed by atoms with E-state index in [1.54, 1.807) is 0 Å². The second-order valence-corrected chi connectivity index (χ2v) is 6.10. The number of morpholine rings is 1. The van der Waals surface area contributed by atoms with Crippen molar-refractivity contribution in [1.82, 2.24) is 15.1 Å². The number of carbonyl (C=O) groups excluding carboxylic acids is 1. The van der Waals surface area contributed by atoms with Gasteiger partial charge in [0.1, 0.15) is 6.04 Å². The third-order valence-corrected chi connectivity index (χ3v) is 4.69. The van der Waals surface area contributed by atoms with Crippen molar-refractivity contribution in [2.45, 2.75) is 45.4 Å². The van der Waals surface area contributed by atoms with E-state index in [0.29, 0.717) is 13.2 Å². The summed E-state index contributed by atoms with van der Waals surface area (Å²) < 4.78 is 11.5. The van der Waals surface area contributed by atoms with Gasteiger partial charge < -0.3 is 24.6 Å². The maximum Gasteiger partial charge on any atom is 0.242 e. The molecule has 6 nitrogen and oxygen atoms in total. The van der Waals surface area contributed by atoms with Crippen molar-refractivity contribution in [3.8, 4) is 0 Å². The van der Waals surface area contributed by atoms with E-state index in [2.05, 4.69) is 24.1 Å². The molecule has 2 aliphatic heterocycles. The van der Waals surface area contributed by atoms with E-state index >= 15 is 0 Å². The molecule has 0 bridgehead atoms. The molecule has 2 heterocycles. The number of likely N-dealkylation sites (tertiary alicyclic amines) is 1. The lowest BCUT2D eigenvalue weighted by Gasteiger charge is -2.32. The molecule has 3 atom stereocenters. The van der Waals surface area contributed by atoms with Gasteiger partial charge in [0.05, 0.1) is 25.4 Å². The second-order valence-electron chi connectivity index (χ2n) is 6.10. The SMILES string of the molecule is CCN(CC)CCOC1CCN(C(=O)[C@H]2NCCO[C@@H]2C)C1. The number of rotatable bonds is 7. The van der Waals surface area contributed by atoms with Gasteiger partial charge in [-0.15, -0.1) is 0 Å². The molecule has 128 valence electrons. The fourth-order valence-corrected chi connectivity index (χ4v) is 3.16. The molecule has 2 fully saturated rings. The van der Waals surface area contributed by atoms with Gasteiger partial charge in [-0.05, 0) is 26.4 Å². The largest absolute Gasteiger partial charge is 0.375 e. The van der Waals surface area contributed by atoms with Crippen molar-refractivity contribution >= 4 is 5.91 Å². The molecule has 0 aliphatic carbocycles. The molecule has 0 aromatic heterocycles. The van der Waals surface area contributed by atoms with E-state index in [9.17, 15) is 4.79 Å². The molecular formula is C16H31N3O3. The standard InChI is InChI=1S/C16H31N3O3/c1-4-18(5-2)9-11-22-14-6-8-19(12-14)16(20)15-13(3)21-10-7-17-15/h13-15,17H,4-12H2,1-3H3/t13-,14?,15+/m1/s1. The van der Waals surface area contributed by atoms with Crippen molar-refractivity contribution in [1.29, 1.82) is 0 Å². The Morgan fingerprint density at radius 3 is 2.86 bits per heavy atom. The van der Waals surface area contributed by atoms with Crippen LogP contribution < -0.4 is 5.32 Å². The number of likely N-dealkylation sites (N-methyl/N-ethyl adjacent to an activating group) is 1. The number of amides is 1. The van der Waals surface area contributed by atoms with Gasteiger partial charge in [-0.2, -0.15) is 0 Å². The molecule has 2 saturated heterocycles. The zero-order valence-corrected chi connectivity index (χ0v) is 14.2. The van der Waals surface area contributed by atoms with Crippen molar-refractivity contribution in [3.63, 3.8) is 0 Å². The fraction of sp³-hybridized carbons (Fsp3) is 0.938. The van der Waals surface area contributed by atoms with E-state index < -0.39 is 0 Å². The first kappa shape index (κ1) is 17.7. The first-order chi connectivity index (χ1) is 10.7. The summed E-state index contributed by atoms with van der Waals surface area (Å²) in [7, 11) is 0. The Morgan fingerprint density at radius 2 is 2.18 bits per heavy atom. The molecule has 1 amide bonds. The molecule has 6 heteroatoms. The van der Waals surface area contributed by atoms with Crippen molar-refractivity contribution in [2.75, 3.05) is 52.5 Å². The van der Waals surface area contributed by atoms with Gasteiger partial charge in [-0.3, -0.25) is 4.79 Å². The minimum absolute atomic E-state index is 0.0520. The summed E-state index contributed by atoms with van der Waals surface area (Å²) in [5.41, 5.74) is 0. The Kier molecular flexibility index (Phi) is 7.08. The zero-order chi connectivity index (χ0) is 15.9. The third-order valence-electron chi connectivity index (χ3n) is 4.69. The molecule has 0 spiro atoms. The molecule has 0 aromatic carbocycles. The maximum absolute atomic E-state index is 12.6. The topological polar surface area (TPSA) is 54.0 Å². The number of nitrogens with one attached hydrogen (secondary N) is 1. The molecule has 1 unspecified atom stereocenters. The molecular weight excluding hydrogens is 282 g/mol. The zero-order valence-electron chi connectivity index (χ0n) is 14.2. The number of ether oxygens (including phenoxy) is 2. The van der Waals surface area contributed by atoms with Gasteiger partial charge in [-0.25, -0.2) is 0 Å².